The van der Waals surface area contributed by atoms with E-state index < -0.39 is 29.6 Å². The molecule has 0 spiro atoms. The zero-order valence-electron chi connectivity index (χ0n) is 19.7. The van der Waals surface area contributed by atoms with E-state index in [9.17, 15) is 19.5 Å². The van der Waals surface area contributed by atoms with Gasteiger partial charge in [0.05, 0.1) is 0 Å². The molecule has 0 fully saturated rings. The Balaban J connectivity index is 1.47. The van der Waals surface area contributed by atoms with Gasteiger partial charge >= 0.3 is 12.1 Å². The van der Waals surface area contributed by atoms with Gasteiger partial charge < -0.3 is 20.5 Å². The molecule has 0 radical (unpaired) electrons. The molecule has 3 aromatic carbocycles. The lowest BCUT2D eigenvalue weighted by Gasteiger charge is -2.25. The average molecular weight is 473 g/mol. The van der Waals surface area contributed by atoms with Crippen molar-refractivity contribution in [3.63, 3.8) is 0 Å². The van der Waals surface area contributed by atoms with E-state index in [0.717, 1.165) is 27.8 Å². The lowest BCUT2D eigenvalue weighted by Crippen LogP contribution is -2.57. The van der Waals surface area contributed by atoms with Crippen molar-refractivity contribution in [3.8, 4) is 11.1 Å². The van der Waals surface area contributed by atoms with Gasteiger partial charge in [-0.15, -0.1) is 0 Å². The molecular formula is C28H28N2O5. The van der Waals surface area contributed by atoms with Crippen LogP contribution in [-0.4, -0.2) is 41.3 Å². The van der Waals surface area contributed by atoms with Crippen molar-refractivity contribution >= 4 is 18.0 Å². The minimum atomic E-state index is -1.49. The molecule has 0 saturated heterocycles. The fourth-order valence-corrected chi connectivity index (χ4v) is 4.29. The summed E-state index contributed by atoms with van der Waals surface area (Å²) in [6.45, 7) is 2.89. The van der Waals surface area contributed by atoms with Crippen LogP contribution < -0.4 is 10.6 Å². The molecule has 7 nitrogen and oxygen atoms in total. The summed E-state index contributed by atoms with van der Waals surface area (Å²) in [5.74, 6) is -1.89. The van der Waals surface area contributed by atoms with E-state index in [1.165, 1.54) is 13.8 Å². The van der Waals surface area contributed by atoms with Crippen LogP contribution in [0.25, 0.3) is 11.1 Å². The number of rotatable bonds is 8. The number of carbonyl (C=O) groups excluding carboxylic acids is 2. The van der Waals surface area contributed by atoms with Gasteiger partial charge in [0.15, 0.2) is 0 Å². The number of hydrogen-bond donors (Lipinski definition) is 3. The monoisotopic (exact) mass is 472 g/mol. The molecule has 35 heavy (non-hydrogen) atoms. The van der Waals surface area contributed by atoms with Crippen LogP contribution in [0.2, 0.25) is 0 Å². The SMILES string of the molecule is CC(C)(NC(=O)[C@H](Cc1ccccc1)NC(=O)OCC1c2ccccc2-c2ccccc21)C(=O)O. The van der Waals surface area contributed by atoms with Crippen molar-refractivity contribution in [3.05, 3.63) is 95.6 Å². The molecule has 1 atom stereocenters. The molecule has 3 aromatic rings. The topological polar surface area (TPSA) is 105 Å². The smallest absolute Gasteiger partial charge is 0.407 e. The molecule has 180 valence electrons. The van der Waals surface area contributed by atoms with Crippen LogP contribution in [0, 0.1) is 0 Å². The molecule has 0 aromatic heterocycles. The molecule has 3 N–H and O–H groups in total. The van der Waals surface area contributed by atoms with Gasteiger partial charge in [0.1, 0.15) is 18.2 Å². The number of ether oxygens (including phenoxy) is 1. The maximum atomic E-state index is 12.9. The quantitative estimate of drug-likeness (QED) is 0.458. The van der Waals surface area contributed by atoms with E-state index in [-0.39, 0.29) is 18.9 Å². The van der Waals surface area contributed by atoms with Crippen LogP contribution in [0.15, 0.2) is 78.9 Å². The van der Waals surface area contributed by atoms with Gasteiger partial charge in [-0.2, -0.15) is 0 Å². The van der Waals surface area contributed by atoms with Crippen molar-refractivity contribution in [1.82, 2.24) is 10.6 Å². The number of alkyl carbamates (subject to hydrolysis) is 1. The van der Waals surface area contributed by atoms with E-state index in [0.29, 0.717) is 0 Å². The van der Waals surface area contributed by atoms with Crippen molar-refractivity contribution in [2.45, 2.75) is 37.8 Å². The summed E-state index contributed by atoms with van der Waals surface area (Å²) in [5.41, 5.74) is 3.74. The van der Waals surface area contributed by atoms with Crippen LogP contribution in [0.4, 0.5) is 4.79 Å². The van der Waals surface area contributed by atoms with E-state index in [4.69, 9.17) is 4.74 Å². The molecule has 0 heterocycles. The fraction of sp³-hybridized carbons (Fsp3) is 0.250. The number of fused-ring (bicyclic) bond motifs is 3. The van der Waals surface area contributed by atoms with Crippen LogP contribution in [0.3, 0.4) is 0 Å². The predicted octanol–water partition coefficient (Wildman–Crippen LogP) is 4.12. The van der Waals surface area contributed by atoms with Gasteiger partial charge in [-0.05, 0) is 41.7 Å². The third-order valence-electron chi connectivity index (χ3n) is 6.21. The van der Waals surface area contributed by atoms with Gasteiger partial charge in [-0.3, -0.25) is 4.79 Å². The molecular weight excluding hydrogens is 444 g/mol. The van der Waals surface area contributed by atoms with E-state index in [1.807, 2.05) is 66.7 Å². The fourth-order valence-electron chi connectivity index (χ4n) is 4.29. The van der Waals surface area contributed by atoms with Gasteiger partial charge in [-0.1, -0.05) is 78.9 Å². The van der Waals surface area contributed by atoms with E-state index >= 15 is 0 Å². The molecule has 4 rings (SSSR count). The van der Waals surface area contributed by atoms with Crippen LogP contribution in [0.5, 0.6) is 0 Å². The Morgan fingerprint density at radius 3 is 2.00 bits per heavy atom. The number of hydrogen-bond acceptors (Lipinski definition) is 4. The Morgan fingerprint density at radius 1 is 0.886 bits per heavy atom. The van der Waals surface area contributed by atoms with Gasteiger partial charge in [0, 0.05) is 12.3 Å². The van der Waals surface area contributed by atoms with E-state index in [1.54, 1.807) is 0 Å². The second-order valence-corrected chi connectivity index (χ2v) is 9.13. The van der Waals surface area contributed by atoms with Gasteiger partial charge in [0.2, 0.25) is 5.91 Å². The number of carboxylic acids is 1. The molecule has 1 aliphatic carbocycles. The Kier molecular flexibility index (Phi) is 6.87. The first-order valence-corrected chi connectivity index (χ1v) is 11.5. The zero-order chi connectivity index (χ0) is 25.0. The van der Waals surface area contributed by atoms with Crippen LogP contribution >= 0.6 is 0 Å². The summed E-state index contributed by atoms with van der Waals surface area (Å²) >= 11 is 0. The second kappa shape index (κ2) is 10.0. The first kappa shape index (κ1) is 24.0. The first-order valence-electron chi connectivity index (χ1n) is 11.5. The maximum absolute atomic E-state index is 12.9. The van der Waals surface area contributed by atoms with E-state index in [2.05, 4.69) is 22.8 Å². The summed E-state index contributed by atoms with van der Waals surface area (Å²) in [6.07, 6.45) is -0.553. The average Bonchev–Trinajstić information content (AvgIpc) is 3.16. The summed E-state index contributed by atoms with van der Waals surface area (Å²) < 4.78 is 5.59. The minimum absolute atomic E-state index is 0.111. The Labute approximate surface area is 204 Å². The number of carboxylic acid groups (broad SMARTS) is 1. The van der Waals surface area contributed by atoms with Crippen molar-refractivity contribution in [1.29, 1.82) is 0 Å². The van der Waals surface area contributed by atoms with Gasteiger partial charge in [-0.25, -0.2) is 9.59 Å². The highest BCUT2D eigenvalue weighted by atomic mass is 16.5. The van der Waals surface area contributed by atoms with Crippen molar-refractivity contribution in [2.75, 3.05) is 6.61 Å². The lowest BCUT2D eigenvalue weighted by molar-refractivity contribution is -0.146. The molecule has 0 saturated carbocycles. The number of nitrogens with one attached hydrogen (secondary N) is 2. The Bertz CT molecular complexity index is 1190. The third-order valence-corrected chi connectivity index (χ3v) is 6.21. The molecule has 1 aliphatic rings. The molecule has 7 heteroatoms. The van der Waals surface area contributed by atoms with Gasteiger partial charge in [0.25, 0.3) is 0 Å². The molecule has 0 unspecified atom stereocenters. The largest absolute Gasteiger partial charge is 0.480 e. The molecule has 2 amide bonds. The third kappa shape index (κ3) is 5.35. The first-order chi connectivity index (χ1) is 16.8. The summed E-state index contributed by atoms with van der Waals surface area (Å²) in [7, 11) is 0. The number of carbonyl (C=O) groups is 3. The van der Waals surface area contributed by atoms with Crippen molar-refractivity contribution < 1.29 is 24.2 Å². The van der Waals surface area contributed by atoms with Crippen LogP contribution in [-0.2, 0) is 20.7 Å². The predicted molar refractivity (Wildman–Crippen MR) is 132 cm³/mol. The summed E-state index contributed by atoms with van der Waals surface area (Å²) in [6, 6.07) is 24.2. The summed E-state index contributed by atoms with van der Waals surface area (Å²) in [5, 5.41) is 14.5. The lowest BCUT2D eigenvalue weighted by atomic mass is 9.98. The maximum Gasteiger partial charge on any atom is 0.407 e. The number of benzene rings is 3. The number of aliphatic carboxylic acids is 1. The molecule has 0 aliphatic heterocycles. The second-order valence-electron chi connectivity index (χ2n) is 9.13. The Hall–Kier alpha value is -4.13. The highest BCUT2D eigenvalue weighted by Crippen LogP contribution is 2.44. The summed E-state index contributed by atoms with van der Waals surface area (Å²) in [4.78, 5) is 37.2. The normalized spacial score (nSPS) is 13.3. The van der Waals surface area contributed by atoms with Crippen molar-refractivity contribution in [2.24, 2.45) is 0 Å². The molecule has 0 bridgehead atoms. The minimum Gasteiger partial charge on any atom is -0.480 e. The number of amides is 2. The standard InChI is InChI=1S/C28H28N2O5/c1-28(2,26(32)33)30-25(31)24(16-18-10-4-3-5-11-18)29-27(34)35-17-23-21-14-8-6-12-19(21)20-13-7-9-15-22(20)23/h3-15,23-24H,16-17H2,1-2H3,(H,29,34)(H,30,31)(H,32,33)/t24-/m0/s1. The zero-order valence-corrected chi connectivity index (χ0v) is 19.7. The highest BCUT2D eigenvalue weighted by molar-refractivity contribution is 5.91. The highest BCUT2D eigenvalue weighted by Gasteiger charge is 2.33. The van der Waals surface area contributed by atoms with Crippen LogP contribution in [0.1, 0.15) is 36.5 Å². The Morgan fingerprint density at radius 2 is 1.43 bits per heavy atom.